The lowest BCUT2D eigenvalue weighted by atomic mass is 10.2. The van der Waals surface area contributed by atoms with Crippen LogP contribution < -0.4 is 0 Å². The number of hydrogen-bond acceptors (Lipinski definition) is 4. The van der Waals surface area contributed by atoms with Gasteiger partial charge in [-0.15, -0.1) is 0 Å². The quantitative estimate of drug-likeness (QED) is 0.692. The van der Waals surface area contributed by atoms with Crippen LogP contribution >= 0.6 is 0 Å². The first-order chi connectivity index (χ1) is 9.19. The van der Waals surface area contributed by atoms with Crippen LogP contribution in [-0.2, 0) is 27.7 Å². The smallest absolute Gasteiger partial charge is 0.227 e. The second-order valence-corrected chi connectivity index (χ2v) is 4.81. The summed E-state index contributed by atoms with van der Waals surface area (Å²) in [4.78, 5) is 14.0. The van der Waals surface area contributed by atoms with Crippen molar-refractivity contribution < 1.29 is 14.3 Å². The van der Waals surface area contributed by atoms with E-state index in [0.29, 0.717) is 26.2 Å². The molecule has 1 amide bonds. The summed E-state index contributed by atoms with van der Waals surface area (Å²) < 4.78 is 12.3. The van der Waals surface area contributed by atoms with Crippen LogP contribution in [0.4, 0.5) is 0 Å². The zero-order valence-electron chi connectivity index (χ0n) is 11.5. The molecule has 19 heavy (non-hydrogen) atoms. The minimum Gasteiger partial charge on any atom is -0.382 e. The van der Waals surface area contributed by atoms with E-state index in [1.54, 1.807) is 18.0 Å². The largest absolute Gasteiger partial charge is 0.382 e. The van der Waals surface area contributed by atoms with Gasteiger partial charge in [0.1, 0.15) is 0 Å². The van der Waals surface area contributed by atoms with Crippen molar-refractivity contribution in [2.45, 2.75) is 18.9 Å². The predicted molar refractivity (Wildman–Crippen MR) is 69.7 cm³/mol. The van der Waals surface area contributed by atoms with E-state index in [1.165, 1.54) is 0 Å². The first kappa shape index (κ1) is 14.0. The molecule has 2 heterocycles. The van der Waals surface area contributed by atoms with Gasteiger partial charge >= 0.3 is 0 Å². The Morgan fingerprint density at radius 3 is 3.05 bits per heavy atom. The van der Waals surface area contributed by atoms with Crippen molar-refractivity contribution in [3.63, 3.8) is 0 Å². The topological polar surface area (TPSA) is 56.6 Å². The number of ether oxygens (including phenoxy) is 2. The Balaban J connectivity index is 1.75. The standard InChI is InChI=1S/C13H21N3O3/c1-15-9-11(8-14-15)7-13(17)16-4-3-12(10-16)19-6-5-18-2/h8-9,12H,3-7,10H2,1-2H3/t12-/m0/s1. The number of aryl methyl sites for hydroxylation is 1. The van der Waals surface area contributed by atoms with Crippen molar-refractivity contribution in [1.82, 2.24) is 14.7 Å². The lowest BCUT2D eigenvalue weighted by molar-refractivity contribution is -0.130. The number of amides is 1. The third-order valence-electron chi connectivity index (χ3n) is 3.25. The van der Waals surface area contributed by atoms with E-state index in [4.69, 9.17) is 9.47 Å². The van der Waals surface area contributed by atoms with Gasteiger partial charge in [-0.25, -0.2) is 0 Å². The number of carbonyl (C=O) groups excluding carboxylic acids is 1. The average molecular weight is 267 g/mol. The molecule has 1 atom stereocenters. The van der Waals surface area contributed by atoms with Crippen LogP contribution in [-0.4, -0.2) is 60.1 Å². The van der Waals surface area contributed by atoms with Gasteiger partial charge in [-0.1, -0.05) is 0 Å². The Bertz CT molecular complexity index is 419. The van der Waals surface area contributed by atoms with E-state index in [-0.39, 0.29) is 12.0 Å². The van der Waals surface area contributed by atoms with Gasteiger partial charge in [-0.2, -0.15) is 5.10 Å². The number of carbonyl (C=O) groups is 1. The number of methoxy groups -OCH3 is 1. The molecule has 6 heteroatoms. The fraction of sp³-hybridized carbons (Fsp3) is 0.692. The lowest BCUT2D eigenvalue weighted by Gasteiger charge is -2.16. The molecule has 0 unspecified atom stereocenters. The Morgan fingerprint density at radius 1 is 1.53 bits per heavy atom. The fourth-order valence-corrected chi connectivity index (χ4v) is 2.24. The summed E-state index contributed by atoms with van der Waals surface area (Å²) in [6.07, 6.45) is 5.08. The van der Waals surface area contributed by atoms with Gasteiger partial charge in [-0.05, 0) is 12.0 Å². The first-order valence-corrected chi connectivity index (χ1v) is 6.55. The van der Waals surface area contributed by atoms with E-state index in [0.717, 1.165) is 18.5 Å². The summed E-state index contributed by atoms with van der Waals surface area (Å²) in [5.74, 6) is 0.144. The van der Waals surface area contributed by atoms with Crippen LogP contribution in [0.5, 0.6) is 0 Å². The molecular formula is C13H21N3O3. The summed E-state index contributed by atoms with van der Waals surface area (Å²) in [6.45, 7) is 2.64. The molecule has 0 saturated carbocycles. The third-order valence-corrected chi connectivity index (χ3v) is 3.25. The SMILES string of the molecule is COCCO[C@H]1CCN(C(=O)Cc2cnn(C)c2)C1. The van der Waals surface area contributed by atoms with E-state index < -0.39 is 0 Å². The van der Waals surface area contributed by atoms with E-state index in [9.17, 15) is 4.79 Å². The molecule has 0 bridgehead atoms. The lowest BCUT2D eigenvalue weighted by Crippen LogP contribution is -2.31. The highest BCUT2D eigenvalue weighted by Crippen LogP contribution is 2.14. The second-order valence-electron chi connectivity index (χ2n) is 4.81. The maximum atomic E-state index is 12.1. The highest BCUT2D eigenvalue weighted by Gasteiger charge is 2.26. The van der Waals surface area contributed by atoms with Gasteiger partial charge < -0.3 is 14.4 Å². The first-order valence-electron chi connectivity index (χ1n) is 6.55. The van der Waals surface area contributed by atoms with Crippen LogP contribution in [0.25, 0.3) is 0 Å². The molecule has 2 rings (SSSR count). The van der Waals surface area contributed by atoms with E-state index in [1.807, 2.05) is 18.1 Å². The molecule has 1 aliphatic rings. The molecule has 1 saturated heterocycles. The van der Waals surface area contributed by atoms with Gasteiger partial charge in [0.15, 0.2) is 0 Å². The minimum atomic E-state index is 0.144. The van der Waals surface area contributed by atoms with Crippen LogP contribution in [0.15, 0.2) is 12.4 Å². The van der Waals surface area contributed by atoms with E-state index >= 15 is 0 Å². The maximum absolute atomic E-state index is 12.1. The van der Waals surface area contributed by atoms with Gasteiger partial charge in [0.2, 0.25) is 5.91 Å². The zero-order chi connectivity index (χ0) is 13.7. The number of likely N-dealkylation sites (tertiary alicyclic amines) is 1. The van der Waals surface area contributed by atoms with Crippen molar-refractivity contribution in [3.05, 3.63) is 18.0 Å². The number of hydrogen-bond donors (Lipinski definition) is 0. The molecule has 0 aromatic carbocycles. The van der Waals surface area contributed by atoms with Gasteiger partial charge in [0.05, 0.1) is 31.9 Å². The monoisotopic (exact) mass is 267 g/mol. The number of aromatic nitrogens is 2. The normalized spacial score (nSPS) is 19.1. The maximum Gasteiger partial charge on any atom is 0.227 e. The van der Waals surface area contributed by atoms with Gasteiger partial charge in [0.25, 0.3) is 0 Å². The Hall–Kier alpha value is -1.40. The van der Waals surface area contributed by atoms with Crippen molar-refractivity contribution in [3.8, 4) is 0 Å². The highest BCUT2D eigenvalue weighted by atomic mass is 16.5. The second kappa shape index (κ2) is 6.68. The molecule has 0 aliphatic carbocycles. The molecule has 0 spiro atoms. The summed E-state index contributed by atoms with van der Waals surface area (Å²) in [7, 11) is 3.51. The van der Waals surface area contributed by atoms with E-state index in [2.05, 4.69) is 5.10 Å². The predicted octanol–water partition coefficient (Wildman–Crippen LogP) is 0.226. The Labute approximate surface area is 113 Å². The van der Waals surface area contributed by atoms with Gasteiger partial charge in [0, 0.05) is 33.4 Å². The van der Waals surface area contributed by atoms with Crippen molar-refractivity contribution in [2.24, 2.45) is 7.05 Å². The summed E-state index contributed by atoms with van der Waals surface area (Å²) in [5.41, 5.74) is 0.955. The van der Waals surface area contributed by atoms with Crippen LogP contribution in [0.2, 0.25) is 0 Å². The zero-order valence-corrected chi connectivity index (χ0v) is 11.5. The van der Waals surface area contributed by atoms with Crippen molar-refractivity contribution in [2.75, 3.05) is 33.4 Å². The average Bonchev–Trinajstić information content (AvgIpc) is 2.99. The van der Waals surface area contributed by atoms with Crippen LogP contribution in [0.1, 0.15) is 12.0 Å². The summed E-state index contributed by atoms with van der Waals surface area (Å²) in [5, 5.41) is 4.07. The molecule has 6 nitrogen and oxygen atoms in total. The number of nitrogens with zero attached hydrogens (tertiary/aromatic N) is 3. The molecular weight excluding hydrogens is 246 g/mol. The summed E-state index contributed by atoms with van der Waals surface area (Å²) >= 11 is 0. The Kier molecular flexibility index (Phi) is 4.93. The molecule has 0 radical (unpaired) electrons. The van der Waals surface area contributed by atoms with Gasteiger partial charge in [-0.3, -0.25) is 9.48 Å². The fourth-order valence-electron chi connectivity index (χ4n) is 2.24. The van der Waals surface area contributed by atoms with Crippen molar-refractivity contribution in [1.29, 1.82) is 0 Å². The highest BCUT2D eigenvalue weighted by molar-refractivity contribution is 5.78. The third kappa shape index (κ3) is 4.04. The molecule has 106 valence electrons. The van der Waals surface area contributed by atoms with Crippen LogP contribution in [0.3, 0.4) is 0 Å². The number of rotatable bonds is 6. The molecule has 1 aromatic rings. The summed E-state index contributed by atoms with van der Waals surface area (Å²) in [6, 6.07) is 0. The van der Waals surface area contributed by atoms with Crippen molar-refractivity contribution >= 4 is 5.91 Å². The molecule has 1 aromatic heterocycles. The van der Waals surface area contributed by atoms with Crippen LogP contribution in [0, 0.1) is 0 Å². The Morgan fingerprint density at radius 2 is 2.37 bits per heavy atom. The molecule has 1 fully saturated rings. The minimum absolute atomic E-state index is 0.144. The molecule has 0 N–H and O–H groups in total. The molecule has 1 aliphatic heterocycles.